The highest BCUT2D eigenvalue weighted by Crippen LogP contribution is 2.13. The number of nitrogens with zero attached hydrogens (tertiary/aromatic N) is 1. The van der Waals surface area contributed by atoms with Gasteiger partial charge in [-0.05, 0) is 0 Å². The fourth-order valence-electron chi connectivity index (χ4n) is 1.01. The molecule has 0 amide bonds. The van der Waals surface area contributed by atoms with E-state index < -0.39 is 16.5 Å². The summed E-state index contributed by atoms with van der Waals surface area (Å²) in [4.78, 5) is 0. The van der Waals surface area contributed by atoms with Crippen LogP contribution in [0.25, 0.3) is 0 Å². The van der Waals surface area contributed by atoms with Crippen molar-refractivity contribution in [3.05, 3.63) is 0 Å². The highest BCUT2D eigenvalue weighted by Gasteiger charge is 2.31. The summed E-state index contributed by atoms with van der Waals surface area (Å²) in [6, 6.07) is 0. The number of nitrogens with two attached hydrogens (primary N) is 1. The molecule has 0 atom stereocenters. The maximum Gasteiger partial charge on any atom is 0.127 e. The molecule has 0 bridgehead atoms. The molecule has 62 valence electrons. The van der Waals surface area contributed by atoms with Gasteiger partial charge in [0.2, 0.25) is 0 Å². The molecule has 0 aromatic rings. The molecule has 0 unspecified atom stereocenters. The van der Waals surface area contributed by atoms with E-state index in [2.05, 4.69) is 43.6 Å². The van der Waals surface area contributed by atoms with Crippen molar-refractivity contribution >= 4 is 16.5 Å². The van der Waals surface area contributed by atoms with Crippen LogP contribution in [0.15, 0.2) is 0 Å². The highest BCUT2D eigenvalue weighted by atomic mass is 28.4. The van der Waals surface area contributed by atoms with Gasteiger partial charge < -0.3 is 0 Å². The monoisotopic (exact) mass is 176 g/mol. The van der Waals surface area contributed by atoms with E-state index in [0.717, 1.165) is 0 Å². The fourth-order valence-corrected chi connectivity index (χ4v) is 9.06. The minimum atomic E-state index is -1.22. The Hall–Kier alpha value is 0.354. The van der Waals surface area contributed by atoms with Gasteiger partial charge in [-0.2, -0.15) is 0 Å². The minimum absolute atomic E-state index is 1.22. The molecule has 0 fully saturated rings. The van der Waals surface area contributed by atoms with E-state index in [1.807, 2.05) is 0 Å². The zero-order valence-electron chi connectivity index (χ0n) is 8.02. The van der Waals surface area contributed by atoms with Gasteiger partial charge in [0, 0.05) is 0 Å². The Morgan fingerprint density at radius 1 is 0.800 bits per heavy atom. The lowest BCUT2D eigenvalue weighted by Crippen LogP contribution is -2.62. The molecule has 2 N–H and O–H groups in total. The van der Waals surface area contributed by atoms with Crippen LogP contribution in [0.3, 0.4) is 0 Å². The summed E-state index contributed by atoms with van der Waals surface area (Å²) in [6.45, 7) is 13.7. The van der Waals surface area contributed by atoms with Crippen LogP contribution in [-0.2, 0) is 0 Å². The van der Waals surface area contributed by atoms with Crippen LogP contribution >= 0.6 is 0 Å². The molecule has 0 aliphatic heterocycles. The molecule has 0 aromatic heterocycles. The molecular formula is C6H20N2Si2. The predicted octanol–water partition coefficient (Wildman–Crippen LogP) is 1.83. The first-order valence-electron chi connectivity index (χ1n) is 3.71. The van der Waals surface area contributed by atoms with Gasteiger partial charge in [0.15, 0.2) is 0 Å². The lowest BCUT2D eigenvalue weighted by atomic mass is 11.8. The molecule has 2 nitrogen and oxygen atoms in total. The lowest BCUT2D eigenvalue weighted by Gasteiger charge is -2.39. The molecule has 0 radical (unpaired) electrons. The number of hydrazine groups is 1. The molecule has 0 aliphatic carbocycles. The summed E-state index contributed by atoms with van der Waals surface area (Å²) >= 11 is 0. The van der Waals surface area contributed by atoms with Crippen molar-refractivity contribution in [2.45, 2.75) is 39.3 Å². The largest absolute Gasteiger partial charge is 0.289 e. The van der Waals surface area contributed by atoms with Crippen molar-refractivity contribution in [1.82, 2.24) is 4.34 Å². The van der Waals surface area contributed by atoms with E-state index in [0.29, 0.717) is 0 Å². The van der Waals surface area contributed by atoms with Crippen molar-refractivity contribution in [3.63, 3.8) is 0 Å². The van der Waals surface area contributed by atoms with Gasteiger partial charge in [0.25, 0.3) is 0 Å². The SMILES string of the molecule is C[Si](C)(C)N(N)[Si](C)(C)C. The fraction of sp³-hybridized carbons (Fsp3) is 1.00. The molecule has 0 saturated heterocycles. The summed E-state index contributed by atoms with van der Waals surface area (Å²) in [5.41, 5.74) is 0. The average molecular weight is 176 g/mol. The molecule has 0 aromatic carbocycles. The topological polar surface area (TPSA) is 29.3 Å². The van der Waals surface area contributed by atoms with Crippen molar-refractivity contribution in [1.29, 1.82) is 0 Å². The molecule has 4 heteroatoms. The molecule has 10 heavy (non-hydrogen) atoms. The van der Waals surface area contributed by atoms with Crippen molar-refractivity contribution in [2.24, 2.45) is 5.84 Å². The quantitative estimate of drug-likeness (QED) is 0.395. The van der Waals surface area contributed by atoms with Crippen LogP contribution in [0.5, 0.6) is 0 Å². The standard InChI is InChI=1S/C6H20N2Si2/c1-9(2,3)8(7)10(4,5)6/h7H2,1-6H3. The highest BCUT2D eigenvalue weighted by molar-refractivity contribution is 6.89. The van der Waals surface area contributed by atoms with Gasteiger partial charge in [0.1, 0.15) is 16.5 Å². The van der Waals surface area contributed by atoms with E-state index in [4.69, 9.17) is 5.84 Å². The molecule has 0 rings (SSSR count). The van der Waals surface area contributed by atoms with Gasteiger partial charge in [-0.15, -0.1) is 0 Å². The van der Waals surface area contributed by atoms with Gasteiger partial charge >= 0.3 is 0 Å². The zero-order valence-corrected chi connectivity index (χ0v) is 10.0. The summed E-state index contributed by atoms with van der Waals surface area (Å²) in [7, 11) is -2.45. The van der Waals surface area contributed by atoms with E-state index in [9.17, 15) is 0 Å². The van der Waals surface area contributed by atoms with Crippen LogP contribution in [0.4, 0.5) is 0 Å². The number of hydrogen-bond donors (Lipinski definition) is 1. The van der Waals surface area contributed by atoms with Crippen LogP contribution in [-0.4, -0.2) is 20.8 Å². The van der Waals surface area contributed by atoms with Gasteiger partial charge in [0.05, 0.1) is 0 Å². The van der Waals surface area contributed by atoms with Crippen LogP contribution in [0, 0.1) is 0 Å². The van der Waals surface area contributed by atoms with Crippen molar-refractivity contribution < 1.29 is 0 Å². The smallest absolute Gasteiger partial charge is 0.127 e. The van der Waals surface area contributed by atoms with Crippen molar-refractivity contribution in [2.75, 3.05) is 0 Å². The zero-order chi connectivity index (χ0) is 8.58. The Labute approximate surface area is 66.6 Å². The van der Waals surface area contributed by atoms with Gasteiger partial charge in [-0.1, -0.05) is 39.3 Å². The van der Waals surface area contributed by atoms with Gasteiger partial charge in [-0.3, -0.25) is 10.2 Å². The third kappa shape index (κ3) is 2.96. The third-order valence-corrected chi connectivity index (χ3v) is 8.36. The number of hydrogen-bond acceptors (Lipinski definition) is 2. The molecule has 0 aliphatic rings. The average Bonchev–Trinajstić information content (AvgIpc) is 1.59. The van der Waals surface area contributed by atoms with E-state index in [-0.39, 0.29) is 0 Å². The van der Waals surface area contributed by atoms with Gasteiger partial charge in [-0.25, -0.2) is 0 Å². The van der Waals surface area contributed by atoms with Crippen LogP contribution < -0.4 is 5.84 Å². The van der Waals surface area contributed by atoms with Crippen molar-refractivity contribution in [3.8, 4) is 0 Å². The first kappa shape index (κ1) is 10.4. The summed E-state index contributed by atoms with van der Waals surface area (Å²) in [5, 5.41) is 0. The Kier molecular flexibility index (Phi) is 2.87. The van der Waals surface area contributed by atoms with E-state index in [1.54, 1.807) is 0 Å². The Balaban J connectivity index is 4.23. The summed E-state index contributed by atoms with van der Waals surface area (Å²) in [6.07, 6.45) is 0. The molecule has 0 saturated carbocycles. The second-order valence-electron chi connectivity index (χ2n) is 4.71. The first-order chi connectivity index (χ1) is 4.15. The second-order valence-corrected chi connectivity index (χ2v) is 14.8. The van der Waals surface area contributed by atoms with Crippen LogP contribution in [0.2, 0.25) is 39.3 Å². The maximum absolute atomic E-state index is 5.98. The molecule has 0 heterocycles. The Morgan fingerprint density at radius 2 is 1.00 bits per heavy atom. The minimum Gasteiger partial charge on any atom is -0.289 e. The first-order valence-corrected chi connectivity index (χ1v) is 10.6. The molecular weight excluding hydrogens is 156 g/mol. The third-order valence-electron chi connectivity index (χ3n) is 1.45. The predicted molar refractivity (Wildman–Crippen MR) is 52.7 cm³/mol. The summed E-state index contributed by atoms with van der Waals surface area (Å²) < 4.78 is 2.15. The second kappa shape index (κ2) is 2.77. The van der Waals surface area contributed by atoms with E-state index in [1.165, 1.54) is 0 Å². The maximum atomic E-state index is 5.98. The Bertz CT molecular complexity index is 97.9. The lowest BCUT2D eigenvalue weighted by molar-refractivity contribution is 0.662. The normalized spacial score (nSPS) is 14.4. The van der Waals surface area contributed by atoms with Crippen LogP contribution in [0.1, 0.15) is 0 Å². The number of rotatable bonds is 2. The molecule has 0 spiro atoms. The Morgan fingerprint density at radius 3 is 1.00 bits per heavy atom. The summed E-state index contributed by atoms with van der Waals surface area (Å²) in [5.74, 6) is 5.98. The van der Waals surface area contributed by atoms with E-state index >= 15 is 0 Å².